The molecule has 1 N–H and O–H groups in total. The van der Waals surface area contributed by atoms with Gasteiger partial charge in [-0.1, -0.05) is 73.7 Å². The standard InChI is InChI=1S/C27H29FN2O2S/c1-2-17-29-27(32)25(18-21-11-5-3-6-12-21)30(19-22-13-9-10-16-24(22)28)26(31)20-33-23-14-7-4-8-15-23/h3-16,25H,2,17-20H2,1H3,(H,29,32). The van der Waals surface area contributed by atoms with E-state index in [4.69, 9.17) is 0 Å². The first-order chi connectivity index (χ1) is 16.1. The van der Waals surface area contributed by atoms with Crippen LogP contribution >= 0.6 is 11.8 Å². The molecule has 6 heteroatoms. The van der Waals surface area contributed by atoms with Crippen molar-refractivity contribution in [2.75, 3.05) is 12.3 Å². The third kappa shape index (κ3) is 7.46. The lowest BCUT2D eigenvalue weighted by Gasteiger charge is -2.31. The molecule has 0 aliphatic carbocycles. The molecule has 0 fully saturated rings. The summed E-state index contributed by atoms with van der Waals surface area (Å²) in [6.07, 6.45) is 1.14. The average Bonchev–Trinajstić information content (AvgIpc) is 2.85. The van der Waals surface area contributed by atoms with Crippen molar-refractivity contribution in [1.29, 1.82) is 0 Å². The molecule has 3 rings (SSSR count). The first kappa shape index (κ1) is 24.5. The molecule has 0 heterocycles. The largest absolute Gasteiger partial charge is 0.354 e. The maximum atomic E-state index is 14.5. The Morgan fingerprint density at radius 3 is 2.24 bits per heavy atom. The molecule has 0 aliphatic heterocycles. The van der Waals surface area contributed by atoms with Gasteiger partial charge in [0.1, 0.15) is 11.9 Å². The monoisotopic (exact) mass is 464 g/mol. The molecule has 2 amide bonds. The number of nitrogens with zero attached hydrogens (tertiary/aromatic N) is 1. The summed E-state index contributed by atoms with van der Waals surface area (Å²) in [5, 5.41) is 2.93. The van der Waals surface area contributed by atoms with E-state index in [0.29, 0.717) is 18.5 Å². The zero-order chi connectivity index (χ0) is 23.5. The lowest BCUT2D eigenvalue weighted by atomic mass is 10.0. The minimum absolute atomic E-state index is 0.0257. The quantitative estimate of drug-likeness (QED) is 0.403. The fraction of sp³-hybridized carbons (Fsp3) is 0.259. The number of carbonyl (C=O) groups excluding carboxylic acids is 2. The molecule has 0 aromatic heterocycles. The van der Waals surface area contributed by atoms with Crippen LogP contribution in [-0.2, 0) is 22.6 Å². The highest BCUT2D eigenvalue weighted by atomic mass is 32.2. The first-order valence-electron chi connectivity index (χ1n) is 11.1. The highest BCUT2D eigenvalue weighted by molar-refractivity contribution is 8.00. The summed E-state index contributed by atoms with van der Waals surface area (Å²) < 4.78 is 14.5. The van der Waals surface area contributed by atoms with Crippen molar-refractivity contribution in [1.82, 2.24) is 10.2 Å². The van der Waals surface area contributed by atoms with Crippen LogP contribution in [0, 0.1) is 5.82 Å². The van der Waals surface area contributed by atoms with E-state index in [2.05, 4.69) is 5.32 Å². The molecule has 172 valence electrons. The van der Waals surface area contributed by atoms with Crippen molar-refractivity contribution < 1.29 is 14.0 Å². The van der Waals surface area contributed by atoms with Crippen LogP contribution in [0.15, 0.2) is 89.8 Å². The van der Waals surface area contributed by atoms with E-state index in [0.717, 1.165) is 16.9 Å². The Kier molecular flexibility index (Phi) is 9.51. The van der Waals surface area contributed by atoms with Crippen LogP contribution < -0.4 is 5.32 Å². The number of benzene rings is 3. The number of halogens is 1. The smallest absolute Gasteiger partial charge is 0.243 e. The maximum Gasteiger partial charge on any atom is 0.243 e. The van der Waals surface area contributed by atoms with Gasteiger partial charge in [0, 0.05) is 30.0 Å². The van der Waals surface area contributed by atoms with Gasteiger partial charge in [-0.2, -0.15) is 0 Å². The van der Waals surface area contributed by atoms with Crippen LogP contribution in [-0.4, -0.2) is 35.1 Å². The molecule has 0 aliphatic rings. The molecule has 4 nitrogen and oxygen atoms in total. The van der Waals surface area contributed by atoms with Gasteiger partial charge in [-0.25, -0.2) is 4.39 Å². The van der Waals surface area contributed by atoms with Crippen LogP contribution in [0.1, 0.15) is 24.5 Å². The van der Waals surface area contributed by atoms with Gasteiger partial charge >= 0.3 is 0 Å². The number of carbonyl (C=O) groups is 2. The van der Waals surface area contributed by atoms with Gasteiger partial charge in [-0.05, 0) is 30.2 Å². The Labute approximate surface area is 199 Å². The van der Waals surface area contributed by atoms with Crippen LogP contribution in [0.4, 0.5) is 4.39 Å². The van der Waals surface area contributed by atoms with Gasteiger partial charge in [0.25, 0.3) is 0 Å². The fourth-order valence-corrected chi connectivity index (χ4v) is 4.28. The number of amides is 2. The number of thioether (sulfide) groups is 1. The molecule has 0 spiro atoms. The second-order valence-corrected chi connectivity index (χ2v) is 8.76. The summed E-state index contributed by atoms with van der Waals surface area (Å²) in [5.74, 6) is -0.668. The molecule has 1 unspecified atom stereocenters. The number of hydrogen-bond donors (Lipinski definition) is 1. The Hall–Kier alpha value is -3.12. The highest BCUT2D eigenvalue weighted by Gasteiger charge is 2.30. The summed E-state index contributed by atoms with van der Waals surface area (Å²) in [6.45, 7) is 2.52. The summed E-state index contributed by atoms with van der Waals surface area (Å²) in [5.41, 5.74) is 1.33. The summed E-state index contributed by atoms with van der Waals surface area (Å²) in [7, 11) is 0. The summed E-state index contributed by atoms with van der Waals surface area (Å²) in [4.78, 5) is 29.1. The molecule has 3 aromatic carbocycles. The molecule has 0 saturated heterocycles. The van der Waals surface area contributed by atoms with Gasteiger partial charge < -0.3 is 10.2 Å². The first-order valence-corrected chi connectivity index (χ1v) is 12.1. The molecule has 0 saturated carbocycles. The van der Waals surface area contributed by atoms with Gasteiger partial charge in [0.15, 0.2) is 0 Å². The van der Waals surface area contributed by atoms with Gasteiger partial charge in [-0.15, -0.1) is 11.8 Å². The Balaban J connectivity index is 1.89. The number of nitrogens with one attached hydrogen (secondary N) is 1. The molecular formula is C27H29FN2O2S. The topological polar surface area (TPSA) is 49.4 Å². The van der Waals surface area contributed by atoms with Gasteiger partial charge in [-0.3, -0.25) is 9.59 Å². The van der Waals surface area contributed by atoms with Crippen molar-refractivity contribution in [3.63, 3.8) is 0 Å². The third-order valence-corrected chi connectivity index (χ3v) is 6.22. The molecule has 33 heavy (non-hydrogen) atoms. The molecular weight excluding hydrogens is 435 g/mol. The molecule has 0 bridgehead atoms. The van der Waals surface area contributed by atoms with Crippen LogP contribution in [0.25, 0.3) is 0 Å². The van der Waals surface area contributed by atoms with Crippen molar-refractivity contribution >= 4 is 23.6 Å². The fourth-order valence-electron chi connectivity index (χ4n) is 3.47. The van der Waals surface area contributed by atoms with E-state index in [1.165, 1.54) is 22.7 Å². The number of rotatable bonds is 11. The zero-order valence-electron chi connectivity index (χ0n) is 18.7. The third-order valence-electron chi connectivity index (χ3n) is 5.22. The van der Waals surface area contributed by atoms with E-state index in [-0.39, 0.29) is 24.1 Å². The SMILES string of the molecule is CCCNC(=O)C(Cc1ccccc1)N(Cc1ccccc1F)C(=O)CSc1ccccc1. The molecule has 1 atom stereocenters. The second-order valence-electron chi connectivity index (χ2n) is 7.71. The van der Waals surface area contributed by atoms with Crippen LogP contribution in [0.5, 0.6) is 0 Å². The lowest BCUT2D eigenvalue weighted by molar-refractivity contribution is -0.139. The minimum atomic E-state index is -0.748. The van der Waals surface area contributed by atoms with Gasteiger partial charge in [0.2, 0.25) is 11.8 Å². The maximum absolute atomic E-state index is 14.5. The molecule has 0 radical (unpaired) electrons. The van der Waals surface area contributed by atoms with E-state index in [1.807, 2.05) is 67.6 Å². The van der Waals surface area contributed by atoms with E-state index >= 15 is 0 Å². The van der Waals surface area contributed by atoms with Crippen molar-refractivity contribution in [2.45, 2.75) is 37.2 Å². The van der Waals surface area contributed by atoms with Crippen LogP contribution in [0.2, 0.25) is 0 Å². The van der Waals surface area contributed by atoms with E-state index in [1.54, 1.807) is 18.2 Å². The predicted molar refractivity (Wildman–Crippen MR) is 131 cm³/mol. The molecule has 3 aromatic rings. The van der Waals surface area contributed by atoms with Crippen molar-refractivity contribution in [3.05, 3.63) is 102 Å². The van der Waals surface area contributed by atoms with Crippen molar-refractivity contribution in [2.24, 2.45) is 0 Å². The lowest BCUT2D eigenvalue weighted by Crippen LogP contribution is -2.51. The van der Waals surface area contributed by atoms with E-state index < -0.39 is 11.9 Å². The minimum Gasteiger partial charge on any atom is -0.354 e. The van der Waals surface area contributed by atoms with Crippen molar-refractivity contribution in [3.8, 4) is 0 Å². The predicted octanol–water partition coefficient (Wildman–Crippen LogP) is 5.08. The Bertz CT molecular complexity index is 1030. The van der Waals surface area contributed by atoms with Gasteiger partial charge in [0.05, 0.1) is 5.75 Å². The second kappa shape index (κ2) is 12.8. The summed E-state index contributed by atoms with van der Waals surface area (Å²) >= 11 is 1.41. The zero-order valence-corrected chi connectivity index (χ0v) is 19.6. The van der Waals surface area contributed by atoms with E-state index in [9.17, 15) is 14.0 Å². The average molecular weight is 465 g/mol. The summed E-state index contributed by atoms with van der Waals surface area (Å²) in [6, 6.07) is 24.9. The Morgan fingerprint density at radius 1 is 0.939 bits per heavy atom. The van der Waals surface area contributed by atoms with Crippen LogP contribution in [0.3, 0.4) is 0 Å². The highest BCUT2D eigenvalue weighted by Crippen LogP contribution is 2.21. The Morgan fingerprint density at radius 2 is 1.58 bits per heavy atom. The normalized spacial score (nSPS) is 11.6. The number of hydrogen-bond acceptors (Lipinski definition) is 3.